The third kappa shape index (κ3) is 15.1. The first-order valence-corrected chi connectivity index (χ1v) is 25.4. The van der Waals surface area contributed by atoms with Gasteiger partial charge in [-0.1, -0.05) is 118 Å². The van der Waals surface area contributed by atoms with E-state index in [1.165, 1.54) is 56.1 Å². The fourth-order valence-corrected chi connectivity index (χ4v) is 8.41. The molecule has 0 aliphatic heterocycles. The highest BCUT2D eigenvalue weighted by Crippen LogP contribution is 2.31. The Balaban J connectivity index is 0.000000985. The predicted molar refractivity (Wildman–Crippen MR) is 284 cm³/mol. The van der Waals surface area contributed by atoms with E-state index in [1.54, 1.807) is 24.3 Å². The molecule has 0 unspecified atom stereocenters. The molecule has 0 radical (unpaired) electrons. The summed E-state index contributed by atoms with van der Waals surface area (Å²) in [4.78, 5) is 19.7. The molecule has 0 amide bonds. The van der Waals surface area contributed by atoms with E-state index in [1.807, 2.05) is 121 Å². The van der Waals surface area contributed by atoms with Crippen molar-refractivity contribution in [1.82, 2.24) is 24.8 Å². The first kappa shape index (κ1) is 50.7. The molecule has 0 bridgehead atoms. The van der Waals surface area contributed by atoms with E-state index in [0.29, 0.717) is 11.6 Å². The van der Waals surface area contributed by atoms with Crippen molar-refractivity contribution in [2.24, 2.45) is 0 Å². The van der Waals surface area contributed by atoms with Crippen LogP contribution in [0.2, 0.25) is 0 Å². The summed E-state index contributed by atoms with van der Waals surface area (Å²) in [6, 6.07) is 49.0. The molecule has 2 heterocycles. The number of benzene rings is 6. The van der Waals surface area contributed by atoms with Crippen LogP contribution >= 0.6 is 0 Å². The molecular weight excluding hydrogens is 939 g/mol. The van der Waals surface area contributed by atoms with Gasteiger partial charge < -0.3 is 36.8 Å². The molecule has 8 rings (SSSR count). The van der Waals surface area contributed by atoms with Crippen LogP contribution in [0.3, 0.4) is 0 Å². The summed E-state index contributed by atoms with van der Waals surface area (Å²) in [7, 11) is -9.65. The SMILES string of the molecule is CCN(CC)CC.O=S(=O)(O)c1cc(Nc2cc(Nc3ccccc3)nc(Nc3ccccc3)n2)ccc1C=Cc1ccc(Nc2cc(Nc3ccccc3)nc(Nc3ccccc3)n2)cc1S(=O)(=O)O. The van der Waals surface area contributed by atoms with Gasteiger partial charge in [-0.2, -0.15) is 36.8 Å². The van der Waals surface area contributed by atoms with E-state index in [2.05, 4.69) is 77.5 Å². The average Bonchev–Trinajstić information content (AvgIpc) is 3.35. The quantitative estimate of drug-likeness (QED) is 0.0278. The van der Waals surface area contributed by atoms with Gasteiger partial charge in [0.2, 0.25) is 11.9 Å². The second-order valence-electron chi connectivity index (χ2n) is 15.5. The number of nitrogens with zero attached hydrogens (tertiary/aromatic N) is 5. The summed E-state index contributed by atoms with van der Waals surface area (Å²) in [5.41, 5.74) is 3.57. The van der Waals surface area contributed by atoms with Crippen molar-refractivity contribution in [1.29, 1.82) is 0 Å². The number of hydrogen-bond acceptors (Lipinski definition) is 15. The van der Waals surface area contributed by atoms with Crippen LogP contribution in [0.4, 0.5) is 69.3 Å². The van der Waals surface area contributed by atoms with E-state index in [4.69, 9.17) is 0 Å². The molecule has 6 aromatic carbocycles. The van der Waals surface area contributed by atoms with Gasteiger partial charge in [0.25, 0.3) is 20.2 Å². The molecule has 0 saturated heterocycles. The van der Waals surface area contributed by atoms with E-state index in [0.717, 1.165) is 22.7 Å². The predicted octanol–water partition coefficient (Wildman–Crippen LogP) is 11.7. The molecule has 19 heteroatoms. The van der Waals surface area contributed by atoms with E-state index in [-0.39, 0.29) is 46.0 Å². The minimum atomic E-state index is -4.83. The summed E-state index contributed by atoms with van der Waals surface area (Å²) in [5, 5.41) is 19.0. The van der Waals surface area contributed by atoms with Gasteiger partial charge in [0.05, 0.1) is 0 Å². The Labute approximate surface area is 413 Å². The van der Waals surface area contributed by atoms with Crippen molar-refractivity contribution in [3.8, 4) is 0 Å². The van der Waals surface area contributed by atoms with Crippen molar-refractivity contribution in [2.45, 2.75) is 30.6 Å². The molecule has 0 atom stereocenters. The summed E-state index contributed by atoms with van der Waals surface area (Å²) in [5.74, 6) is 1.92. The molecule has 364 valence electrons. The molecule has 2 aromatic heterocycles. The van der Waals surface area contributed by atoms with Crippen LogP contribution in [-0.4, -0.2) is 70.4 Å². The number of rotatable bonds is 19. The molecule has 0 saturated carbocycles. The Bertz CT molecular complexity index is 2940. The fourth-order valence-electron chi connectivity index (χ4n) is 6.99. The van der Waals surface area contributed by atoms with Gasteiger partial charge in [0.1, 0.15) is 33.1 Å². The van der Waals surface area contributed by atoms with Crippen LogP contribution in [0.15, 0.2) is 180 Å². The van der Waals surface area contributed by atoms with Crippen LogP contribution < -0.4 is 31.9 Å². The Hall–Kier alpha value is -8.20. The minimum absolute atomic E-state index is 0.0231. The summed E-state index contributed by atoms with van der Waals surface area (Å²) in [6.45, 7) is 10.1. The Morgan fingerprint density at radius 3 is 0.944 bits per heavy atom. The van der Waals surface area contributed by atoms with Gasteiger partial charge in [0.15, 0.2) is 0 Å². The zero-order chi connectivity index (χ0) is 50.2. The van der Waals surface area contributed by atoms with Crippen molar-refractivity contribution < 1.29 is 25.9 Å². The average molecular weight is 992 g/mol. The number of anilines is 12. The zero-order valence-corrected chi connectivity index (χ0v) is 40.7. The number of hydrogen-bond donors (Lipinski definition) is 8. The minimum Gasteiger partial charge on any atom is -0.340 e. The van der Waals surface area contributed by atoms with Gasteiger partial charge in [-0.3, -0.25) is 9.11 Å². The van der Waals surface area contributed by atoms with Crippen LogP contribution in [0, 0.1) is 0 Å². The molecule has 8 N–H and O–H groups in total. The normalized spacial score (nSPS) is 11.4. The van der Waals surface area contributed by atoms with Crippen molar-refractivity contribution in [3.05, 3.63) is 181 Å². The first-order chi connectivity index (χ1) is 34.2. The Morgan fingerprint density at radius 2 is 0.676 bits per heavy atom. The van der Waals surface area contributed by atoms with E-state index in [9.17, 15) is 25.9 Å². The standard InChI is InChI=1S/C46H38N10O6S2.C6H15N/c57-63(58,59)39-27-37(49-43-29-41(47-33-13-5-1-6-14-33)53-45(55-43)51-35-17-9-3-10-18-35)25-23-31(39)21-22-32-24-26-38(28-40(32)64(60,61)62)50-44-30-42(48-34-15-7-2-8-16-34)54-46(56-44)52-36-19-11-4-12-20-36;1-4-7(5-2)6-3/h1-30H,(H,57,58,59)(H,60,61,62)(H3,47,49,51,53,55)(H3,48,50,52,54,56);4-6H2,1-3H3. The van der Waals surface area contributed by atoms with Gasteiger partial charge in [0, 0.05) is 46.3 Å². The summed E-state index contributed by atoms with van der Waals surface area (Å²) < 4.78 is 71.7. The highest BCUT2D eigenvalue weighted by molar-refractivity contribution is 7.86. The molecular formula is C52H53N11O6S2. The second kappa shape index (κ2) is 23.9. The third-order valence-electron chi connectivity index (χ3n) is 10.5. The maximum Gasteiger partial charge on any atom is 0.295 e. The monoisotopic (exact) mass is 991 g/mol. The molecule has 17 nitrogen and oxygen atoms in total. The van der Waals surface area contributed by atoms with Crippen molar-refractivity contribution in [2.75, 3.05) is 51.5 Å². The van der Waals surface area contributed by atoms with Crippen molar-refractivity contribution >= 4 is 102 Å². The van der Waals surface area contributed by atoms with E-state index >= 15 is 0 Å². The lowest BCUT2D eigenvalue weighted by Crippen LogP contribution is -2.21. The van der Waals surface area contributed by atoms with Crippen LogP contribution in [0.25, 0.3) is 12.2 Å². The summed E-state index contributed by atoms with van der Waals surface area (Å²) in [6.07, 6.45) is 2.62. The molecule has 0 spiro atoms. The third-order valence-corrected chi connectivity index (χ3v) is 12.3. The van der Waals surface area contributed by atoms with Crippen LogP contribution in [-0.2, 0) is 20.2 Å². The lowest BCUT2D eigenvalue weighted by atomic mass is 10.1. The highest BCUT2D eigenvalue weighted by Gasteiger charge is 2.19. The fraction of sp³-hybridized carbons (Fsp3) is 0.115. The molecule has 0 aliphatic rings. The van der Waals surface area contributed by atoms with Gasteiger partial charge in [-0.15, -0.1) is 0 Å². The first-order valence-electron chi connectivity index (χ1n) is 22.5. The molecule has 0 aliphatic carbocycles. The highest BCUT2D eigenvalue weighted by atomic mass is 32.2. The maximum absolute atomic E-state index is 12.8. The lowest BCUT2D eigenvalue weighted by Gasteiger charge is -2.14. The molecule has 8 aromatic rings. The second-order valence-corrected chi connectivity index (χ2v) is 18.3. The number of para-hydroxylation sites is 4. The molecule has 71 heavy (non-hydrogen) atoms. The lowest BCUT2D eigenvalue weighted by molar-refractivity contribution is 0.321. The van der Waals surface area contributed by atoms with Gasteiger partial charge >= 0.3 is 0 Å². The number of aromatic nitrogens is 4. The van der Waals surface area contributed by atoms with E-state index < -0.39 is 30.0 Å². The Morgan fingerprint density at radius 1 is 0.394 bits per heavy atom. The largest absolute Gasteiger partial charge is 0.340 e. The van der Waals surface area contributed by atoms with Gasteiger partial charge in [-0.25, -0.2) is 0 Å². The van der Waals surface area contributed by atoms with Crippen molar-refractivity contribution in [3.63, 3.8) is 0 Å². The Kier molecular flexibility index (Phi) is 17.0. The van der Waals surface area contributed by atoms with Gasteiger partial charge in [-0.05, 0) is 104 Å². The smallest absolute Gasteiger partial charge is 0.295 e. The van der Waals surface area contributed by atoms with Crippen LogP contribution in [0.1, 0.15) is 31.9 Å². The maximum atomic E-state index is 12.8. The summed E-state index contributed by atoms with van der Waals surface area (Å²) >= 11 is 0. The zero-order valence-electron chi connectivity index (χ0n) is 39.0. The number of nitrogens with one attached hydrogen (secondary N) is 6. The topological polar surface area (TPSA) is 236 Å². The molecule has 0 fully saturated rings. The van der Waals surface area contributed by atoms with Crippen LogP contribution in [0.5, 0.6) is 0 Å².